The Morgan fingerprint density at radius 3 is 1.84 bits per heavy atom. The molecule has 45 heavy (non-hydrogen) atoms. The molecule has 1 unspecified atom stereocenters. The molecule has 0 fully saturated rings. The molecule has 214 valence electrons. The molecule has 2 heterocycles. The van der Waals surface area contributed by atoms with Gasteiger partial charge in [-0.15, -0.1) is 0 Å². The lowest BCUT2D eigenvalue weighted by molar-refractivity contribution is 0.281. The maximum atomic E-state index is 6.55. The van der Waals surface area contributed by atoms with Crippen molar-refractivity contribution in [2.45, 2.75) is 19.4 Å². The summed E-state index contributed by atoms with van der Waals surface area (Å²) in [4.78, 5) is 0. The van der Waals surface area contributed by atoms with Crippen LogP contribution in [0.5, 0.6) is 5.75 Å². The summed E-state index contributed by atoms with van der Waals surface area (Å²) in [5.74, 6) is 0.912. The van der Waals surface area contributed by atoms with E-state index in [9.17, 15) is 0 Å². The Morgan fingerprint density at radius 2 is 1.13 bits per heavy atom. The van der Waals surface area contributed by atoms with Crippen LogP contribution in [0.1, 0.15) is 12.5 Å². The predicted octanol–water partition coefficient (Wildman–Crippen LogP) is 9.81. The molecule has 0 aliphatic carbocycles. The van der Waals surface area contributed by atoms with Gasteiger partial charge in [0.25, 0.3) is 0 Å². The van der Waals surface area contributed by atoms with Crippen LogP contribution in [-0.4, -0.2) is 6.10 Å². The molecule has 0 saturated carbocycles. The second-order valence-electron chi connectivity index (χ2n) is 12.0. The van der Waals surface area contributed by atoms with E-state index < -0.39 is 0 Å². The molecule has 8 aromatic rings. The minimum atomic E-state index is -0.108. The van der Waals surface area contributed by atoms with Gasteiger partial charge < -0.3 is 9.15 Å². The summed E-state index contributed by atoms with van der Waals surface area (Å²) in [6.07, 6.45) is 4.98. The third-order valence-corrected chi connectivity index (χ3v) is 9.20. The van der Waals surface area contributed by atoms with Gasteiger partial charge in [0.15, 0.2) is 0 Å². The Bertz CT molecular complexity index is 2510. The van der Waals surface area contributed by atoms with E-state index >= 15 is 0 Å². The molecule has 1 aliphatic rings. The van der Waals surface area contributed by atoms with Gasteiger partial charge in [0.1, 0.15) is 22.9 Å². The molecule has 0 amide bonds. The lowest BCUT2D eigenvalue weighted by atomic mass is 9.85. The normalized spacial score (nSPS) is 16.1. The molecule has 7 aromatic carbocycles. The zero-order valence-corrected chi connectivity index (χ0v) is 25.0. The minimum Gasteiger partial charge on any atom is -0.486 e. The number of para-hydroxylation sites is 1. The quantitative estimate of drug-likeness (QED) is 0.191. The number of hydrogen-bond donors (Lipinski definition) is 0. The van der Waals surface area contributed by atoms with Gasteiger partial charge in [-0.2, -0.15) is 0 Å². The van der Waals surface area contributed by atoms with Gasteiger partial charge in [0.2, 0.25) is 0 Å². The Hall–Kier alpha value is -5.60. The smallest absolute Gasteiger partial charge is 0.135 e. The molecule has 2 heteroatoms. The first-order valence-corrected chi connectivity index (χ1v) is 15.6. The van der Waals surface area contributed by atoms with Crippen molar-refractivity contribution < 1.29 is 9.15 Å². The molecule has 0 N–H and O–H groups in total. The number of benzene rings is 7. The molecule has 1 atom stereocenters. The first kappa shape index (κ1) is 25.9. The van der Waals surface area contributed by atoms with Crippen molar-refractivity contribution in [1.29, 1.82) is 0 Å². The summed E-state index contributed by atoms with van der Waals surface area (Å²) in [5.41, 5.74) is 7.89. The highest BCUT2D eigenvalue weighted by molar-refractivity contribution is 6.21. The summed E-state index contributed by atoms with van der Waals surface area (Å²) in [6, 6.07) is 48.0. The Balaban J connectivity index is 1.27. The van der Waals surface area contributed by atoms with Crippen LogP contribution in [0, 0.1) is 0 Å². The lowest BCUT2D eigenvalue weighted by Crippen LogP contribution is -2.23. The van der Waals surface area contributed by atoms with Crippen LogP contribution in [0.15, 0.2) is 138 Å². The fourth-order valence-corrected chi connectivity index (χ4v) is 7.18. The van der Waals surface area contributed by atoms with E-state index in [2.05, 4.69) is 140 Å². The second kappa shape index (κ2) is 10.2. The van der Waals surface area contributed by atoms with Crippen molar-refractivity contribution >= 4 is 55.4 Å². The number of furan rings is 1. The summed E-state index contributed by atoms with van der Waals surface area (Å²) in [5, 5.41) is 9.72. The summed E-state index contributed by atoms with van der Waals surface area (Å²) < 4.78 is 12.9. The molecule has 9 rings (SSSR count). The van der Waals surface area contributed by atoms with Crippen LogP contribution in [0.2, 0.25) is 0 Å². The van der Waals surface area contributed by atoms with Crippen LogP contribution >= 0.6 is 0 Å². The number of fused-ring (bicyclic) bond motifs is 7. The highest BCUT2D eigenvalue weighted by Crippen LogP contribution is 2.44. The van der Waals surface area contributed by atoms with Crippen molar-refractivity contribution in [3.8, 4) is 28.0 Å². The lowest BCUT2D eigenvalue weighted by Gasteiger charge is -2.19. The van der Waals surface area contributed by atoms with Gasteiger partial charge in [0, 0.05) is 10.6 Å². The highest BCUT2D eigenvalue weighted by atomic mass is 16.5. The van der Waals surface area contributed by atoms with Crippen LogP contribution in [0.25, 0.3) is 77.7 Å². The number of ether oxygens (including phenoxy) is 1. The fraction of sp³-hybridized carbons (Fsp3) is 0.0698. The zero-order valence-electron chi connectivity index (χ0n) is 25.0. The number of rotatable bonds is 2. The van der Waals surface area contributed by atoms with E-state index in [1.165, 1.54) is 54.6 Å². The van der Waals surface area contributed by atoms with Crippen molar-refractivity contribution in [1.82, 2.24) is 0 Å². The van der Waals surface area contributed by atoms with Crippen molar-refractivity contribution in [3.05, 3.63) is 150 Å². The average molecular weight is 579 g/mol. The molecule has 0 saturated heterocycles. The van der Waals surface area contributed by atoms with Crippen molar-refractivity contribution in [3.63, 3.8) is 0 Å². The van der Waals surface area contributed by atoms with Crippen LogP contribution < -0.4 is 15.4 Å². The first-order valence-electron chi connectivity index (χ1n) is 15.6. The number of hydrogen-bond acceptors (Lipinski definition) is 2. The highest BCUT2D eigenvalue weighted by Gasteiger charge is 2.19. The standard InChI is InChI=1S/C43H30O2/c1-27-24-38-33-12-8-9-17-40(33)45-41(38)23-20-30-26-32(21-22-39(30)44-27)43-36-15-6-4-13-34(36)42(35-14-5-7-16-37(35)43)31-19-18-28-10-2-3-11-29(28)25-31/h2-19,21-27H,20H2,1H3/b38-24-,41-23+. The average Bonchev–Trinajstić information content (AvgIpc) is 3.45. The molecular formula is C43H30O2. The molecule has 2 nitrogen and oxygen atoms in total. The fourth-order valence-electron chi connectivity index (χ4n) is 7.18. The van der Waals surface area contributed by atoms with Crippen LogP contribution in [0.3, 0.4) is 0 Å². The van der Waals surface area contributed by atoms with E-state index in [4.69, 9.17) is 9.15 Å². The Labute approximate surface area is 261 Å². The van der Waals surface area contributed by atoms with E-state index in [0.29, 0.717) is 6.42 Å². The second-order valence-corrected chi connectivity index (χ2v) is 12.0. The Kier molecular flexibility index (Phi) is 5.89. The van der Waals surface area contributed by atoms with Crippen molar-refractivity contribution in [2.24, 2.45) is 0 Å². The van der Waals surface area contributed by atoms with Crippen LogP contribution in [0.4, 0.5) is 0 Å². The third kappa shape index (κ3) is 4.25. The van der Waals surface area contributed by atoms with Gasteiger partial charge in [-0.05, 0) is 110 Å². The van der Waals surface area contributed by atoms with E-state index in [1.54, 1.807) is 0 Å². The first-order chi connectivity index (χ1) is 22.2. The molecule has 1 aliphatic heterocycles. The molecule has 1 aromatic heterocycles. The largest absolute Gasteiger partial charge is 0.486 e. The molecule has 0 spiro atoms. The van der Waals surface area contributed by atoms with E-state index in [1.807, 2.05) is 12.1 Å². The minimum absolute atomic E-state index is 0.108. The predicted molar refractivity (Wildman–Crippen MR) is 188 cm³/mol. The molecule has 0 bridgehead atoms. The van der Waals surface area contributed by atoms with Crippen LogP contribution in [-0.2, 0) is 6.42 Å². The summed E-state index contributed by atoms with van der Waals surface area (Å²) in [6.45, 7) is 2.10. The summed E-state index contributed by atoms with van der Waals surface area (Å²) >= 11 is 0. The molecule has 0 radical (unpaired) electrons. The Morgan fingerprint density at radius 1 is 0.556 bits per heavy atom. The third-order valence-electron chi connectivity index (χ3n) is 9.20. The van der Waals surface area contributed by atoms with E-state index in [0.717, 1.165) is 32.9 Å². The van der Waals surface area contributed by atoms with Gasteiger partial charge in [-0.1, -0.05) is 109 Å². The van der Waals surface area contributed by atoms with E-state index in [-0.39, 0.29) is 6.10 Å². The van der Waals surface area contributed by atoms with Gasteiger partial charge in [0.05, 0.1) is 0 Å². The van der Waals surface area contributed by atoms with Gasteiger partial charge >= 0.3 is 0 Å². The zero-order chi connectivity index (χ0) is 29.9. The SMILES string of the molecule is CC1/C=c2\c(oc3ccccc23)=C/Cc2cc(-c3c4ccccc4c(-c4ccc5ccccc5c4)c4ccccc34)ccc2O1. The monoisotopic (exact) mass is 578 g/mol. The maximum Gasteiger partial charge on any atom is 0.135 e. The van der Waals surface area contributed by atoms with Gasteiger partial charge in [-0.3, -0.25) is 0 Å². The maximum absolute atomic E-state index is 6.55. The van der Waals surface area contributed by atoms with Gasteiger partial charge in [-0.25, -0.2) is 0 Å². The summed E-state index contributed by atoms with van der Waals surface area (Å²) in [7, 11) is 0. The molecular weight excluding hydrogens is 548 g/mol. The topological polar surface area (TPSA) is 22.4 Å². The van der Waals surface area contributed by atoms with Crippen molar-refractivity contribution in [2.75, 3.05) is 0 Å².